The number of aliphatic carboxylic acids is 1. The summed E-state index contributed by atoms with van der Waals surface area (Å²) in [6, 6.07) is 19.4. The number of hydrogen-bond acceptors (Lipinski definition) is 5. The van der Waals surface area contributed by atoms with Crippen LogP contribution in [-0.4, -0.2) is 43.2 Å². The van der Waals surface area contributed by atoms with Crippen molar-refractivity contribution in [2.75, 3.05) is 14.2 Å². The smallest absolute Gasteiger partial charge is 0.326 e. The van der Waals surface area contributed by atoms with Crippen molar-refractivity contribution in [2.24, 2.45) is 0 Å². The van der Waals surface area contributed by atoms with Crippen molar-refractivity contribution in [3.8, 4) is 11.5 Å². The molecule has 1 unspecified atom stereocenters. The zero-order chi connectivity index (χ0) is 26.1. The molecule has 2 amide bonds. The number of ether oxygens (including phenoxy) is 2. The monoisotopic (exact) mass is 552 g/mol. The molecule has 0 aliphatic heterocycles. The van der Waals surface area contributed by atoms with Crippen molar-refractivity contribution >= 4 is 39.8 Å². The lowest BCUT2D eigenvalue weighted by atomic mass is 10.1. The van der Waals surface area contributed by atoms with E-state index in [1.54, 1.807) is 66.7 Å². The molecule has 0 aliphatic rings. The number of amides is 2. The zero-order valence-corrected chi connectivity index (χ0v) is 21.2. The van der Waals surface area contributed by atoms with E-state index in [0.29, 0.717) is 27.1 Å². The third kappa shape index (κ3) is 6.96. The van der Waals surface area contributed by atoms with Gasteiger partial charge in [-0.25, -0.2) is 4.79 Å². The van der Waals surface area contributed by atoms with E-state index >= 15 is 0 Å². The molecule has 3 aromatic rings. The van der Waals surface area contributed by atoms with Gasteiger partial charge in [0.15, 0.2) is 0 Å². The Kier molecular flexibility index (Phi) is 9.24. The first-order chi connectivity index (χ1) is 17.3. The van der Waals surface area contributed by atoms with Gasteiger partial charge in [-0.3, -0.25) is 9.59 Å². The molecule has 186 valence electrons. The lowest BCUT2D eigenvalue weighted by Gasteiger charge is -2.17. The molecular weight excluding hydrogens is 528 g/mol. The van der Waals surface area contributed by atoms with Gasteiger partial charge in [-0.2, -0.15) is 0 Å². The minimum absolute atomic E-state index is 0.0687. The highest BCUT2D eigenvalue weighted by Crippen LogP contribution is 2.26. The largest absolute Gasteiger partial charge is 0.497 e. The summed E-state index contributed by atoms with van der Waals surface area (Å²) in [6.45, 7) is 0. The predicted molar refractivity (Wildman–Crippen MR) is 139 cm³/mol. The van der Waals surface area contributed by atoms with Crippen LogP contribution in [0.1, 0.15) is 21.5 Å². The fourth-order valence-electron chi connectivity index (χ4n) is 3.37. The Labute approximate surface area is 217 Å². The Hall–Kier alpha value is -4.11. The number of carbonyl (C=O) groups excluding carboxylic acids is 2. The highest BCUT2D eigenvalue weighted by Gasteiger charge is 2.24. The number of hydrogen-bond donors (Lipinski definition) is 3. The van der Waals surface area contributed by atoms with E-state index < -0.39 is 23.8 Å². The Morgan fingerprint density at radius 2 is 1.67 bits per heavy atom. The van der Waals surface area contributed by atoms with Crippen molar-refractivity contribution in [1.29, 1.82) is 0 Å². The molecule has 3 aromatic carbocycles. The molecule has 9 heteroatoms. The predicted octanol–water partition coefficient (Wildman–Crippen LogP) is 4.05. The zero-order valence-electron chi connectivity index (χ0n) is 19.7. The first kappa shape index (κ1) is 26.5. The molecular formula is C27H25BrN2O6. The molecule has 0 bridgehead atoms. The third-order valence-corrected chi connectivity index (χ3v) is 5.93. The summed E-state index contributed by atoms with van der Waals surface area (Å²) in [7, 11) is 2.98. The summed E-state index contributed by atoms with van der Waals surface area (Å²) in [5, 5.41) is 14.9. The maximum Gasteiger partial charge on any atom is 0.326 e. The molecule has 36 heavy (non-hydrogen) atoms. The molecule has 1 atom stereocenters. The standard InChI is InChI=1S/C27H25BrN2O6/c1-35-19-13-12-18(24(16-19)36-2)15-22(29-25(31)20-10-6-7-11-21(20)28)26(32)30-23(27(33)34)14-17-8-4-3-5-9-17/h3-13,15-16,23H,14H2,1-2H3,(H,29,31)(H,30,32)(H,33,34). The Balaban J connectivity index is 1.96. The Bertz CT molecular complexity index is 1280. The van der Waals surface area contributed by atoms with Crippen LogP contribution >= 0.6 is 15.9 Å². The average Bonchev–Trinajstić information content (AvgIpc) is 2.88. The van der Waals surface area contributed by atoms with Gasteiger partial charge < -0.3 is 25.2 Å². The van der Waals surface area contributed by atoms with Gasteiger partial charge in [0.1, 0.15) is 23.2 Å². The van der Waals surface area contributed by atoms with E-state index in [-0.39, 0.29) is 12.1 Å². The molecule has 0 radical (unpaired) electrons. The quantitative estimate of drug-likeness (QED) is 0.327. The van der Waals surface area contributed by atoms with Gasteiger partial charge in [0.25, 0.3) is 11.8 Å². The summed E-state index contributed by atoms with van der Waals surface area (Å²) in [6.07, 6.45) is 1.49. The van der Waals surface area contributed by atoms with E-state index in [1.165, 1.54) is 20.3 Å². The van der Waals surface area contributed by atoms with Gasteiger partial charge in [-0.15, -0.1) is 0 Å². The van der Waals surface area contributed by atoms with Gasteiger partial charge in [-0.05, 0) is 51.8 Å². The van der Waals surface area contributed by atoms with E-state index in [1.807, 2.05) is 6.07 Å². The molecule has 0 aromatic heterocycles. The molecule has 0 aliphatic carbocycles. The van der Waals surface area contributed by atoms with Crippen molar-refractivity contribution in [3.63, 3.8) is 0 Å². The maximum absolute atomic E-state index is 13.3. The van der Waals surface area contributed by atoms with Crippen molar-refractivity contribution in [1.82, 2.24) is 10.6 Å². The second-order valence-corrected chi connectivity index (χ2v) is 8.51. The number of rotatable bonds is 10. The molecule has 3 rings (SSSR count). The van der Waals surface area contributed by atoms with Gasteiger partial charge in [0.2, 0.25) is 0 Å². The van der Waals surface area contributed by atoms with E-state index in [9.17, 15) is 19.5 Å². The Morgan fingerprint density at radius 3 is 2.31 bits per heavy atom. The van der Waals surface area contributed by atoms with Crippen LogP contribution in [0.15, 0.2) is 83.0 Å². The Morgan fingerprint density at radius 1 is 0.972 bits per heavy atom. The number of halogens is 1. The number of carboxylic acids is 1. The van der Waals surface area contributed by atoms with Crippen LogP contribution < -0.4 is 20.1 Å². The van der Waals surface area contributed by atoms with Crippen LogP contribution in [0.5, 0.6) is 11.5 Å². The molecule has 3 N–H and O–H groups in total. The van der Waals surface area contributed by atoms with Gasteiger partial charge in [-0.1, -0.05) is 42.5 Å². The van der Waals surface area contributed by atoms with Crippen molar-refractivity contribution in [2.45, 2.75) is 12.5 Å². The van der Waals surface area contributed by atoms with E-state index in [2.05, 4.69) is 26.6 Å². The van der Waals surface area contributed by atoms with Crippen LogP contribution in [0.4, 0.5) is 0 Å². The van der Waals surface area contributed by atoms with Gasteiger partial charge in [0.05, 0.1) is 19.8 Å². The normalized spacial score (nSPS) is 11.8. The van der Waals surface area contributed by atoms with Crippen LogP contribution in [0.25, 0.3) is 6.08 Å². The second kappa shape index (κ2) is 12.6. The van der Waals surface area contributed by atoms with E-state index in [0.717, 1.165) is 5.56 Å². The maximum atomic E-state index is 13.3. The van der Waals surface area contributed by atoms with Crippen LogP contribution in [0.2, 0.25) is 0 Å². The number of nitrogens with one attached hydrogen (secondary N) is 2. The first-order valence-corrected chi connectivity index (χ1v) is 11.7. The van der Waals surface area contributed by atoms with E-state index in [4.69, 9.17) is 9.47 Å². The minimum Gasteiger partial charge on any atom is -0.497 e. The fourth-order valence-corrected chi connectivity index (χ4v) is 3.84. The van der Waals surface area contributed by atoms with Gasteiger partial charge in [0, 0.05) is 22.5 Å². The molecule has 0 saturated carbocycles. The first-order valence-electron chi connectivity index (χ1n) is 10.9. The average molecular weight is 553 g/mol. The summed E-state index contributed by atoms with van der Waals surface area (Å²) < 4.78 is 11.2. The molecule has 0 heterocycles. The van der Waals surface area contributed by atoms with Crippen molar-refractivity contribution in [3.05, 3.63) is 99.7 Å². The SMILES string of the molecule is COc1ccc(C=C(NC(=O)c2ccccc2Br)C(=O)NC(Cc2ccccc2)C(=O)O)c(OC)c1. The number of methoxy groups -OCH3 is 2. The van der Waals surface area contributed by atoms with Gasteiger partial charge >= 0.3 is 5.97 Å². The van der Waals surface area contributed by atoms with Crippen LogP contribution in [0.3, 0.4) is 0 Å². The molecule has 0 spiro atoms. The van der Waals surface area contributed by atoms with Crippen LogP contribution in [0, 0.1) is 0 Å². The fraction of sp³-hybridized carbons (Fsp3) is 0.148. The highest BCUT2D eigenvalue weighted by molar-refractivity contribution is 9.10. The number of benzene rings is 3. The minimum atomic E-state index is -1.22. The number of carboxylic acid groups (broad SMARTS) is 1. The lowest BCUT2D eigenvalue weighted by molar-refractivity contribution is -0.141. The molecule has 0 saturated heterocycles. The summed E-state index contributed by atoms with van der Waals surface area (Å²) >= 11 is 3.33. The molecule has 0 fully saturated rings. The summed E-state index contributed by atoms with van der Waals surface area (Å²) in [5.41, 5.74) is 1.37. The highest BCUT2D eigenvalue weighted by atomic mass is 79.9. The topological polar surface area (TPSA) is 114 Å². The number of carbonyl (C=O) groups is 3. The second-order valence-electron chi connectivity index (χ2n) is 7.65. The summed E-state index contributed by atoms with van der Waals surface area (Å²) in [4.78, 5) is 38.2. The third-order valence-electron chi connectivity index (χ3n) is 5.24. The molecule has 8 nitrogen and oxygen atoms in total. The van der Waals surface area contributed by atoms with Crippen molar-refractivity contribution < 1.29 is 29.0 Å². The lowest BCUT2D eigenvalue weighted by Crippen LogP contribution is -2.45. The summed E-state index contributed by atoms with van der Waals surface area (Å²) in [5.74, 6) is -1.58. The van der Waals surface area contributed by atoms with Crippen LogP contribution in [-0.2, 0) is 16.0 Å².